The van der Waals surface area contributed by atoms with Crippen molar-refractivity contribution in [1.29, 1.82) is 0 Å². The average Bonchev–Trinajstić information content (AvgIpc) is 3.29. The molecule has 25 heavy (non-hydrogen) atoms. The van der Waals surface area contributed by atoms with Gasteiger partial charge in [0.15, 0.2) is 0 Å². The van der Waals surface area contributed by atoms with Crippen molar-refractivity contribution in [3.8, 4) is 11.1 Å². The molecule has 3 aromatic rings. The molecule has 3 nitrogen and oxygen atoms in total. The van der Waals surface area contributed by atoms with Crippen molar-refractivity contribution in [2.45, 2.75) is 13.3 Å². The van der Waals surface area contributed by atoms with Crippen molar-refractivity contribution in [1.82, 2.24) is 0 Å². The molecule has 4 heteroatoms. The van der Waals surface area contributed by atoms with Crippen LogP contribution in [0.2, 0.25) is 0 Å². The van der Waals surface area contributed by atoms with E-state index in [-0.39, 0.29) is 5.91 Å². The SMILES string of the molecule is CCN1CCc2ccc(NC(=O)c3sccc3-c3ccccc3)cc21. The van der Waals surface area contributed by atoms with E-state index in [9.17, 15) is 4.79 Å². The van der Waals surface area contributed by atoms with E-state index in [4.69, 9.17) is 0 Å². The number of likely N-dealkylation sites (N-methyl/N-ethyl adjacent to an activating group) is 1. The predicted molar refractivity (Wildman–Crippen MR) is 106 cm³/mol. The largest absolute Gasteiger partial charge is 0.371 e. The average molecular weight is 348 g/mol. The van der Waals surface area contributed by atoms with Gasteiger partial charge in [0.1, 0.15) is 0 Å². The van der Waals surface area contributed by atoms with Gasteiger partial charge >= 0.3 is 0 Å². The van der Waals surface area contributed by atoms with Crippen molar-refractivity contribution in [3.63, 3.8) is 0 Å². The fourth-order valence-corrected chi connectivity index (χ4v) is 4.18. The first-order chi connectivity index (χ1) is 12.3. The summed E-state index contributed by atoms with van der Waals surface area (Å²) in [6.07, 6.45) is 1.08. The maximum Gasteiger partial charge on any atom is 0.266 e. The maximum atomic E-state index is 12.8. The first-order valence-corrected chi connectivity index (χ1v) is 9.46. The molecule has 0 saturated heterocycles. The third kappa shape index (κ3) is 3.05. The number of rotatable bonds is 4. The van der Waals surface area contributed by atoms with Crippen LogP contribution in [0.3, 0.4) is 0 Å². The Kier molecular flexibility index (Phi) is 4.28. The van der Waals surface area contributed by atoms with Crippen LogP contribution in [0.15, 0.2) is 60.0 Å². The van der Waals surface area contributed by atoms with Crippen LogP contribution >= 0.6 is 11.3 Å². The van der Waals surface area contributed by atoms with Crippen molar-refractivity contribution in [2.75, 3.05) is 23.3 Å². The lowest BCUT2D eigenvalue weighted by atomic mass is 10.1. The van der Waals surface area contributed by atoms with Crippen LogP contribution in [0.25, 0.3) is 11.1 Å². The number of amides is 1. The van der Waals surface area contributed by atoms with E-state index >= 15 is 0 Å². The lowest BCUT2D eigenvalue weighted by molar-refractivity contribution is 0.103. The van der Waals surface area contributed by atoms with Gasteiger partial charge in [-0.1, -0.05) is 36.4 Å². The van der Waals surface area contributed by atoms with Gasteiger partial charge in [-0.2, -0.15) is 0 Å². The third-order valence-corrected chi connectivity index (χ3v) is 5.59. The minimum absolute atomic E-state index is 0.0464. The monoisotopic (exact) mass is 348 g/mol. The molecule has 0 bridgehead atoms. The van der Waals surface area contributed by atoms with E-state index in [1.807, 2.05) is 47.8 Å². The lowest BCUT2D eigenvalue weighted by Crippen LogP contribution is -2.19. The van der Waals surface area contributed by atoms with Crippen LogP contribution in [0, 0.1) is 0 Å². The van der Waals surface area contributed by atoms with Crippen LogP contribution in [-0.4, -0.2) is 19.0 Å². The van der Waals surface area contributed by atoms with Crippen molar-refractivity contribution in [3.05, 3.63) is 70.4 Å². The second-order valence-electron chi connectivity index (χ2n) is 6.16. The lowest BCUT2D eigenvalue weighted by Gasteiger charge is -2.17. The van der Waals surface area contributed by atoms with Crippen LogP contribution in [0.4, 0.5) is 11.4 Å². The first-order valence-electron chi connectivity index (χ1n) is 8.58. The smallest absolute Gasteiger partial charge is 0.266 e. The molecule has 0 unspecified atom stereocenters. The Morgan fingerprint density at radius 1 is 1.16 bits per heavy atom. The van der Waals surface area contributed by atoms with Gasteiger partial charge < -0.3 is 10.2 Å². The summed E-state index contributed by atoms with van der Waals surface area (Å²) >= 11 is 1.48. The molecule has 0 fully saturated rings. The zero-order valence-electron chi connectivity index (χ0n) is 14.2. The molecule has 126 valence electrons. The number of nitrogens with zero attached hydrogens (tertiary/aromatic N) is 1. The van der Waals surface area contributed by atoms with Crippen LogP contribution in [-0.2, 0) is 6.42 Å². The number of fused-ring (bicyclic) bond motifs is 1. The third-order valence-electron chi connectivity index (χ3n) is 4.67. The predicted octanol–water partition coefficient (Wildman–Crippen LogP) is 5.05. The highest BCUT2D eigenvalue weighted by atomic mass is 32.1. The van der Waals surface area contributed by atoms with E-state index in [1.54, 1.807) is 0 Å². The summed E-state index contributed by atoms with van der Waals surface area (Å²) in [5, 5.41) is 5.04. The second-order valence-corrected chi connectivity index (χ2v) is 7.07. The number of nitrogens with one attached hydrogen (secondary N) is 1. The summed E-state index contributed by atoms with van der Waals surface area (Å²) in [6.45, 7) is 4.22. The minimum atomic E-state index is -0.0464. The highest BCUT2D eigenvalue weighted by Crippen LogP contribution is 2.32. The van der Waals surface area contributed by atoms with Gasteiger partial charge in [-0.15, -0.1) is 11.3 Å². The van der Waals surface area contributed by atoms with E-state index < -0.39 is 0 Å². The number of carbonyl (C=O) groups excluding carboxylic acids is 1. The molecule has 1 aliphatic heterocycles. The number of anilines is 2. The quantitative estimate of drug-likeness (QED) is 0.715. The molecular weight excluding hydrogens is 328 g/mol. The summed E-state index contributed by atoms with van der Waals surface area (Å²) in [7, 11) is 0. The number of hydrogen-bond donors (Lipinski definition) is 1. The summed E-state index contributed by atoms with van der Waals surface area (Å²) in [5.74, 6) is -0.0464. The maximum absolute atomic E-state index is 12.8. The molecule has 0 spiro atoms. The summed E-state index contributed by atoms with van der Waals surface area (Å²) in [4.78, 5) is 15.9. The van der Waals surface area contributed by atoms with Gasteiger partial charge in [-0.05, 0) is 48.1 Å². The van der Waals surface area contributed by atoms with Crippen molar-refractivity contribution < 1.29 is 4.79 Å². The van der Waals surface area contributed by atoms with Gasteiger partial charge in [-0.25, -0.2) is 0 Å². The summed E-state index contributed by atoms with van der Waals surface area (Å²) < 4.78 is 0. The van der Waals surface area contributed by atoms with Gasteiger partial charge in [0.25, 0.3) is 5.91 Å². The topological polar surface area (TPSA) is 32.3 Å². The molecule has 2 aromatic carbocycles. The fourth-order valence-electron chi connectivity index (χ4n) is 3.37. The Bertz CT molecular complexity index is 901. The number of thiophene rings is 1. The van der Waals surface area contributed by atoms with E-state index in [2.05, 4.69) is 29.3 Å². The summed E-state index contributed by atoms with van der Waals surface area (Å²) in [6, 6.07) is 18.3. The molecule has 1 amide bonds. The minimum Gasteiger partial charge on any atom is -0.371 e. The normalized spacial score (nSPS) is 12.9. The molecule has 0 aliphatic carbocycles. The van der Waals surface area contributed by atoms with E-state index in [0.29, 0.717) is 0 Å². The number of hydrogen-bond acceptors (Lipinski definition) is 3. The molecule has 1 aromatic heterocycles. The highest BCUT2D eigenvalue weighted by molar-refractivity contribution is 7.12. The highest BCUT2D eigenvalue weighted by Gasteiger charge is 2.19. The van der Waals surface area contributed by atoms with Crippen molar-refractivity contribution in [2.24, 2.45) is 0 Å². The van der Waals surface area contributed by atoms with E-state index in [0.717, 1.165) is 41.2 Å². The molecule has 2 heterocycles. The fraction of sp³-hybridized carbons (Fsp3) is 0.190. The Morgan fingerprint density at radius 2 is 2.00 bits per heavy atom. The van der Waals surface area contributed by atoms with Crippen molar-refractivity contribution >= 4 is 28.6 Å². The molecule has 0 atom stereocenters. The van der Waals surface area contributed by atoms with Gasteiger partial charge in [-0.3, -0.25) is 4.79 Å². The molecule has 4 rings (SSSR count). The molecule has 1 N–H and O–H groups in total. The number of carbonyl (C=O) groups is 1. The Morgan fingerprint density at radius 3 is 2.80 bits per heavy atom. The number of benzene rings is 2. The Labute approximate surface area is 151 Å². The standard InChI is InChI=1S/C21H20N2OS/c1-2-23-12-10-16-8-9-17(14-19(16)23)22-21(24)20-18(11-13-25-20)15-6-4-3-5-7-15/h3-9,11,13-14H,2,10,12H2,1H3,(H,22,24). The zero-order valence-corrected chi connectivity index (χ0v) is 15.0. The Hall–Kier alpha value is -2.59. The van der Waals surface area contributed by atoms with Gasteiger partial charge in [0, 0.05) is 30.0 Å². The molecule has 1 aliphatic rings. The van der Waals surface area contributed by atoms with Gasteiger partial charge in [0.2, 0.25) is 0 Å². The second kappa shape index (κ2) is 6.73. The summed E-state index contributed by atoms with van der Waals surface area (Å²) in [5.41, 5.74) is 5.52. The van der Waals surface area contributed by atoms with Crippen LogP contribution < -0.4 is 10.2 Å². The van der Waals surface area contributed by atoms with E-state index in [1.165, 1.54) is 22.6 Å². The van der Waals surface area contributed by atoms with Gasteiger partial charge in [0.05, 0.1) is 4.88 Å². The first kappa shape index (κ1) is 15.9. The zero-order chi connectivity index (χ0) is 17.2. The Balaban J connectivity index is 1.59. The molecular formula is C21H20N2OS. The van der Waals surface area contributed by atoms with Crippen LogP contribution in [0.5, 0.6) is 0 Å². The van der Waals surface area contributed by atoms with Crippen LogP contribution in [0.1, 0.15) is 22.2 Å². The molecule has 0 saturated carbocycles. The molecule has 0 radical (unpaired) electrons.